The van der Waals surface area contributed by atoms with Crippen LogP contribution in [0.5, 0.6) is 5.75 Å². The smallest absolute Gasteiger partial charge is 0.339 e. The van der Waals surface area contributed by atoms with Gasteiger partial charge in [-0.2, -0.15) is 0 Å². The molecule has 0 aromatic heterocycles. The molecule has 3 rings (SSSR count). The number of nitrogens with one attached hydrogen (secondary N) is 1. The first-order valence-corrected chi connectivity index (χ1v) is 11.9. The standard InChI is InChI=1S/C17H26N2O.C10H12O3/c1-14(2)12-16(18-13-20)15-8-4-5-9-17(15)19-10-6-3-7-11-19;1-3-13-9-6-7(2)4-5-8(9)10(11)12/h4-5,8-9,13-14,16H,3,6-7,10-12H2,1-2H3,(H,18,20);4-6H,3H2,1-2H3,(H,11,12). The molecule has 1 amide bonds. The zero-order valence-electron chi connectivity index (χ0n) is 20.3. The summed E-state index contributed by atoms with van der Waals surface area (Å²) in [7, 11) is 0. The number of hydrogen-bond acceptors (Lipinski definition) is 4. The monoisotopic (exact) mass is 454 g/mol. The summed E-state index contributed by atoms with van der Waals surface area (Å²) in [6.07, 6.45) is 5.68. The van der Waals surface area contributed by atoms with Crippen LogP contribution < -0.4 is 15.0 Å². The Balaban J connectivity index is 0.000000257. The zero-order valence-corrected chi connectivity index (χ0v) is 20.3. The summed E-state index contributed by atoms with van der Waals surface area (Å²) in [6.45, 7) is 10.9. The maximum atomic E-state index is 10.9. The van der Waals surface area contributed by atoms with E-state index in [2.05, 4.69) is 48.3 Å². The molecule has 2 aromatic carbocycles. The van der Waals surface area contributed by atoms with Crippen LogP contribution in [0.1, 0.15) is 74.0 Å². The van der Waals surface area contributed by atoms with E-state index < -0.39 is 5.97 Å². The minimum atomic E-state index is -0.955. The summed E-state index contributed by atoms with van der Waals surface area (Å²) in [4.78, 5) is 24.1. The van der Waals surface area contributed by atoms with E-state index in [-0.39, 0.29) is 11.6 Å². The van der Waals surface area contributed by atoms with Crippen molar-refractivity contribution in [3.63, 3.8) is 0 Å². The summed E-state index contributed by atoms with van der Waals surface area (Å²) in [5.41, 5.74) is 3.77. The van der Waals surface area contributed by atoms with Crippen LogP contribution in [0, 0.1) is 12.8 Å². The van der Waals surface area contributed by atoms with Crippen molar-refractivity contribution in [2.45, 2.75) is 59.4 Å². The lowest BCUT2D eigenvalue weighted by atomic mass is 9.94. The molecule has 1 unspecified atom stereocenters. The van der Waals surface area contributed by atoms with Crippen molar-refractivity contribution in [2.24, 2.45) is 5.92 Å². The average Bonchev–Trinajstić information content (AvgIpc) is 2.80. The fraction of sp³-hybridized carbons (Fsp3) is 0.481. The predicted octanol–water partition coefficient (Wildman–Crippen LogP) is 5.60. The molecule has 1 fully saturated rings. The van der Waals surface area contributed by atoms with Gasteiger partial charge in [0.05, 0.1) is 12.6 Å². The lowest BCUT2D eigenvalue weighted by Crippen LogP contribution is -2.32. The molecule has 180 valence electrons. The molecule has 1 heterocycles. The quantitative estimate of drug-likeness (QED) is 0.482. The molecular weight excluding hydrogens is 416 g/mol. The van der Waals surface area contributed by atoms with E-state index in [9.17, 15) is 9.59 Å². The first-order chi connectivity index (χ1) is 15.9. The highest BCUT2D eigenvalue weighted by atomic mass is 16.5. The molecule has 0 spiro atoms. The Labute approximate surface area is 198 Å². The number of rotatable bonds is 9. The molecule has 0 aliphatic carbocycles. The van der Waals surface area contributed by atoms with Crippen molar-refractivity contribution < 1.29 is 19.4 Å². The molecule has 6 heteroatoms. The highest BCUT2D eigenvalue weighted by Gasteiger charge is 2.20. The minimum Gasteiger partial charge on any atom is -0.493 e. The second-order valence-electron chi connectivity index (χ2n) is 8.81. The molecule has 0 bridgehead atoms. The van der Waals surface area contributed by atoms with Gasteiger partial charge in [-0.15, -0.1) is 0 Å². The molecule has 33 heavy (non-hydrogen) atoms. The zero-order chi connectivity index (χ0) is 24.2. The van der Waals surface area contributed by atoms with Gasteiger partial charge in [0.15, 0.2) is 0 Å². The van der Waals surface area contributed by atoms with Gasteiger partial charge in [-0.1, -0.05) is 38.1 Å². The Morgan fingerprint density at radius 2 is 1.85 bits per heavy atom. The maximum absolute atomic E-state index is 10.9. The predicted molar refractivity (Wildman–Crippen MR) is 133 cm³/mol. The van der Waals surface area contributed by atoms with Gasteiger partial charge in [0, 0.05) is 18.8 Å². The van der Waals surface area contributed by atoms with E-state index in [0.29, 0.717) is 18.3 Å². The largest absolute Gasteiger partial charge is 0.493 e. The van der Waals surface area contributed by atoms with E-state index in [4.69, 9.17) is 9.84 Å². The summed E-state index contributed by atoms with van der Waals surface area (Å²) >= 11 is 0. The lowest BCUT2D eigenvalue weighted by molar-refractivity contribution is -0.110. The number of aromatic carboxylic acids is 1. The second kappa shape index (κ2) is 13.5. The second-order valence-corrected chi connectivity index (χ2v) is 8.81. The van der Waals surface area contributed by atoms with Gasteiger partial charge in [-0.25, -0.2) is 4.79 Å². The Bertz CT molecular complexity index is 891. The SMILES string of the molecule is CC(C)CC(NC=O)c1ccccc1N1CCCCC1.CCOc1cc(C)ccc1C(=O)O. The van der Waals surface area contributed by atoms with Crippen LogP contribution in [0.2, 0.25) is 0 Å². The third-order valence-electron chi connectivity index (χ3n) is 5.65. The summed E-state index contributed by atoms with van der Waals surface area (Å²) in [6, 6.07) is 13.7. The van der Waals surface area contributed by atoms with E-state index in [1.165, 1.54) is 30.5 Å². The number of carboxylic acids is 1. The van der Waals surface area contributed by atoms with Crippen LogP contribution in [0.15, 0.2) is 42.5 Å². The van der Waals surface area contributed by atoms with Crippen LogP contribution >= 0.6 is 0 Å². The normalized spacial score (nSPS) is 14.2. The molecule has 1 atom stereocenters. The van der Waals surface area contributed by atoms with Crippen LogP contribution in [-0.2, 0) is 4.79 Å². The summed E-state index contributed by atoms with van der Waals surface area (Å²) in [5.74, 6) is 0.0420. The van der Waals surface area contributed by atoms with Crippen molar-refractivity contribution in [3.05, 3.63) is 59.2 Å². The van der Waals surface area contributed by atoms with Crippen LogP contribution in [0.4, 0.5) is 5.69 Å². The van der Waals surface area contributed by atoms with Gasteiger partial charge >= 0.3 is 5.97 Å². The third kappa shape index (κ3) is 8.12. The molecule has 6 nitrogen and oxygen atoms in total. The van der Waals surface area contributed by atoms with E-state index in [1.54, 1.807) is 18.2 Å². The van der Waals surface area contributed by atoms with Crippen molar-refractivity contribution in [2.75, 3.05) is 24.6 Å². The van der Waals surface area contributed by atoms with E-state index in [0.717, 1.165) is 31.5 Å². The number of hydrogen-bond donors (Lipinski definition) is 2. The Morgan fingerprint density at radius 3 is 2.45 bits per heavy atom. The van der Waals surface area contributed by atoms with Gasteiger partial charge in [0.2, 0.25) is 6.41 Å². The van der Waals surface area contributed by atoms with Crippen molar-refractivity contribution in [1.29, 1.82) is 0 Å². The number of aryl methyl sites for hydroxylation is 1. The topological polar surface area (TPSA) is 78.9 Å². The molecular formula is C27H38N2O4. The summed E-state index contributed by atoms with van der Waals surface area (Å²) < 4.78 is 5.20. The average molecular weight is 455 g/mol. The lowest BCUT2D eigenvalue weighted by Gasteiger charge is -2.32. The number of para-hydroxylation sites is 1. The Kier molecular flexibility index (Phi) is 10.7. The van der Waals surface area contributed by atoms with Gasteiger partial charge in [-0.05, 0) is 74.8 Å². The number of ether oxygens (including phenoxy) is 1. The molecule has 2 N–H and O–H groups in total. The Hall–Kier alpha value is -3.02. The van der Waals surface area contributed by atoms with Gasteiger partial charge in [0.1, 0.15) is 11.3 Å². The number of carboxylic acid groups (broad SMARTS) is 1. The number of piperidine rings is 1. The molecule has 1 aliphatic rings. The molecule has 1 saturated heterocycles. The number of amides is 1. The van der Waals surface area contributed by atoms with Gasteiger partial charge in [-0.3, -0.25) is 4.79 Å². The van der Waals surface area contributed by atoms with Gasteiger partial charge in [0.25, 0.3) is 0 Å². The van der Waals surface area contributed by atoms with Crippen LogP contribution in [-0.4, -0.2) is 37.2 Å². The minimum absolute atomic E-state index is 0.116. The number of benzene rings is 2. The van der Waals surface area contributed by atoms with Crippen molar-refractivity contribution in [3.8, 4) is 5.75 Å². The van der Waals surface area contributed by atoms with Crippen LogP contribution in [0.3, 0.4) is 0 Å². The first kappa shape index (κ1) is 26.2. The number of nitrogens with zero attached hydrogens (tertiary/aromatic N) is 1. The highest BCUT2D eigenvalue weighted by molar-refractivity contribution is 5.90. The number of carbonyl (C=O) groups excluding carboxylic acids is 1. The molecule has 1 aliphatic heterocycles. The molecule has 2 aromatic rings. The van der Waals surface area contributed by atoms with Crippen LogP contribution in [0.25, 0.3) is 0 Å². The number of anilines is 1. The first-order valence-electron chi connectivity index (χ1n) is 11.9. The fourth-order valence-electron chi connectivity index (χ4n) is 4.12. The summed E-state index contributed by atoms with van der Waals surface area (Å²) in [5, 5.41) is 11.8. The Morgan fingerprint density at radius 1 is 1.15 bits per heavy atom. The van der Waals surface area contributed by atoms with Crippen molar-refractivity contribution >= 4 is 18.1 Å². The van der Waals surface area contributed by atoms with E-state index >= 15 is 0 Å². The van der Waals surface area contributed by atoms with Gasteiger partial charge < -0.3 is 20.1 Å². The molecule has 0 radical (unpaired) electrons. The van der Waals surface area contributed by atoms with Crippen molar-refractivity contribution in [1.82, 2.24) is 5.32 Å². The number of carbonyl (C=O) groups is 2. The molecule has 0 saturated carbocycles. The fourth-order valence-corrected chi connectivity index (χ4v) is 4.12. The third-order valence-corrected chi connectivity index (χ3v) is 5.65. The maximum Gasteiger partial charge on any atom is 0.339 e. The van der Waals surface area contributed by atoms with E-state index in [1.807, 2.05) is 13.8 Å². The highest BCUT2D eigenvalue weighted by Crippen LogP contribution is 2.31.